The Kier molecular flexibility index (Phi) is 4.58. The molecule has 0 saturated carbocycles. The van der Waals surface area contributed by atoms with E-state index in [1.165, 1.54) is 24.3 Å². The Morgan fingerprint density at radius 2 is 1.58 bits per heavy atom. The highest BCUT2D eigenvalue weighted by Gasteiger charge is 2.06. The predicted octanol–water partition coefficient (Wildman–Crippen LogP) is 4.05. The molecular weight excluding hydrogens is 251 g/mol. The van der Waals surface area contributed by atoms with Gasteiger partial charge < -0.3 is 5.32 Å². The molecule has 0 aromatic heterocycles. The van der Waals surface area contributed by atoms with Crippen LogP contribution in [0.4, 0.5) is 13.2 Å². The van der Waals surface area contributed by atoms with Crippen LogP contribution >= 0.6 is 0 Å². The van der Waals surface area contributed by atoms with Crippen molar-refractivity contribution in [2.24, 2.45) is 0 Å². The first-order chi connectivity index (χ1) is 9.15. The summed E-state index contributed by atoms with van der Waals surface area (Å²) in [6, 6.07) is 12.5. The van der Waals surface area contributed by atoms with E-state index in [4.69, 9.17) is 0 Å². The van der Waals surface area contributed by atoms with Gasteiger partial charge in [-0.2, -0.15) is 0 Å². The molecule has 0 amide bonds. The zero-order chi connectivity index (χ0) is 13.7. The topological polar surface area (TPSA) is 12.0 Å². The second-order valence-corrected chi connectivity index (χ2v) is 4.28. The van der Waals surface area contributed by atoms with E-state index >= 15 is 0 Å². The molecule has 100 valence electrons. The van der Waals surface area contributed by atoms with Crippen LogP contribution in [-0.2, 0) is 13.1 Å². The molecule has 2 aromatic rings. The number of benzene rings is 2. The van der Waals surface area contributed by atoms with Gasteiger partial charge in [0.15, 0.2) is 0 Å². The molecule has 0 spiro atoms. The lowest BCUT2D eigenvalue weighted by Crippen LogP contribution is -2.12. The van der Waals surface area contributed by atoms with Crippen molar-refractivity contribution < 1.29 is 13.2 Å². The van der Waals surface area contributed by atoms with Crippen LogP contribution in [0.25, 0.3) is 0 Å². The highest BCUT2D eigenvalue weighted by atomic mass is 19.3. The van der Waals surface area contributed by atoms with Crippen LogP contribution in [0.5, 0.6) is 0 Å². The third-order valence-electron chi connectivity index (χ3n) is 2.77. The van der Waals surface area contributed by atoms with Gasteiger partial charge in [-0.1, -0.05) is 30.3 Å². The molecule has 0 bridgehead atoms. The average molecular weight is 265 g/mol. The van der Waals surface area contributed by atoms with Crippen molar-refractivity contribution in [2.45, 2.75) is 19.5 Å². The van der Waals surface area contributed by atoms with Crippen molar-refractivity contribution in [3.63, 3.8) is 0 Å². The predicted molar refractivity (Wildman–Crippen MR) is 68.3 cm³/mol. The number of rotatable bonds is 5. The number of alkyl halides is 2. The Morgan fingerprint density at radius 3 is 2.26 bits per heavy atom. The van der Waals surface area contributed by atoms with Gasteiger partial charge in [-0.05, 0) is 29.3 Å². The molecule has 0 aliphatic carbocycles. The van der Waals surface area contributed by atoms with Gasteiger partial charge in [0.05, 0.1) is 0 Å². The Bertz CT molecular complexity index is 523. The minimum absolute atomic E-state index is 0.0288. The fraction of sp³-hybridized carbons (Fsp3) is 0.200. The SMILES string of the molecule is Fc1ccc(CNCc2cccc(C(F)F)c2)cc1. The highest BCUT2D eigenvalue weighted by Crippen LogP contribution is 2.19. The van der Waals surface area contributed by atoms with E-state index in [9.17, 15) is 13.2 Å². The first kappa shape index (κ1) is 13.6. The van der Waals surface area contributed by atoms with E-state index in [2.05, 4.69) is 5.32 Å². The van der Waals surface area contributed by atoms with E-state index in [0.717, 1.165) is 11.1 Å². The summed E-state index contributed by atoms with van der Waals surface area (Å²) >= 11 is 0. The lowest BCUT2D eigenvalue weighted by Gasteiger charge is -2.07. The van der Waals surface area contributed by atoms with Crippen LogP contribution < -0.4 is 5.32 Å². The summed E-state index contributed by atoms with van der Waals surface area (Å²) in [6.07, 6.45) is -2.45. The number of hydrogen-bond donors (Lipinski definition) is 1. The van der Waals surface area contributed by atoms with Gasteiger partial charge in [-0.25, -0.2) is 13.2 Å². The maximum Gasteiger partial charge on any atom is 0.263 e. The Morgan fingerprint density at radius 1 is 0.895 bits per heavy atom. The van der Waals surface area contributed by atoms with Crippen molar-refractivity contribution >= 4 is 0 Å². The van der Waals surface area contributed by atoms with Gasteiger partial charge in [0.25, 0.3) is 6.43 Å². The maximum absolute atomic E-state index is 12.7. The number of halogens is 3. The van der Waals surface area contributed by atoms with E-state index in [0.29, 0.717) is 13.1 Å². The summed E-state index contributed by atoms with van der Waals surface area (Å²) in [5.41, 5.74) is 1.78. The van der Waals surface area contributed by atoms with Crippen molar-refractivity contribution in [1.82, 2.24) is 5.32 Å². The normalized spacial score (nSPS) is 10.9. The summed E-state index contributed by atoms with van der Waals surface area (Å²) < 4.78 is 37.7. The van der Waals surface area contributed by atoms with Gasteiger partial charge in [0.1, 0.15) is 5.82 Å². The van der Waals surface area contributed by atoms with Crippen LogP contribution in [-0.4, -0.2) is 0 Å². The molecule has 0 aliphatic rings. The number of nitrogens with one attached hydrogen (secondary N) is 1. The van der Waals surface area contributed by atoms with Gasteiger partial charge in [0.2, 0.25) is 0 Å². The van der Waals surface area contributed by atoms with Gasteiger partial charge in [0, 0.05) is 18.7 Å². The van der Waals surface area contributed by atoms with Crippen molar-refractivity contribution in [1.29, 1.82) is 0 Å². The monoisotopic (exact) mass is 265 g/mol. The molecule has 1 nitrogen and oxygen atoms in total. The molecular formula is C15H14F3N. The molecule has 0 atom stereocenters. The molecule has 0 fully saturated rings. The summed E-state index contributed by atoms with van der Waals surface area (Å²) in [5, 5.41) is 3.14. The van der Waals surface area contributed by atoms with Gasteiger partial charge >= 0.3 is 0 Å². The van der Waals surface area contributed by atoms with Crippen LogP contribution in [0, 0.1) is 5.82 Å². The number of hydrogen-bond acceptors (Lipinski definition) is 1. The summed E-state index contributed by atoms with van der Waals surface area (Å²) in [6.45, 7) is 1.07. The molecule has 2 rings (SSSR count). The Balaban J connectivity index is 1.88. The quantitative estimate of drug-likeness (QED) is 0.859. The van der Waals surface area contributed by atoms with E-state index in [1.807, 2.05) is 0 Å². The van der Waals surface area contributed by atoms with Crippen molar-refractivity contribution in [3.05, 3.63) is 71.0 Å². The van der Waals surface area contributed by atoms with Crippen LogP contribution in [0.1, 0.15) is 23.1 Å². The lowest BCUT2D eigenvalue weighted by atomic mass is 10.1. The van der Waals surface area contributed by atoms with Crippen LogP contribution in [0.3, 0.4) is 0 Å². The van der Waals surface area contributed by atoms with Crippen LogP contribution in [0.15, 0.2) is 48.5 Å². The van der Waals surface area contributed by atoms with Gasteiger partial charge in [-0.15, -0.1) is 0 Å². The molecule has 0 saturated heterocycles. The fourth-order valence-corrected chi connectivity index (χ4v) is 1.79. The molecule has 0 unspecified atom stereocenters. The van der Waals surface area contributed by atoms with E-state index < -0.39 is 6.43 Å². The minimum atomic E-state index is -2.45. The zero-order valence-corrected chi connectivity index (χ0v) is 10.2. The molecule has 19 heavy (non-hydrogen) atoms. The van der Waals surface area contributed by atoms with E-state index in [1.54, 1.807) is 24.3 Å². The second-order valence-electron chi connectivity index (χ2n) is 4.28. The first-order valence-electron chi connectivity index (χ1n) is 5.97. The minimum Gasteiger partial charge on any atom is -0.309 e. The Hall–Kier alpha value is -1.81. The largest absolute Gasteiger partial charge is 0.309 e. The van der Waals surface area contributed by atoms with Crippen molar-refractivity contribution in [3.8, 4) is 0 Å². The summed E-state index contributed by atoms with van der Waals surface area (Å²) in [7, 11) is 0. The summed E-state index contributed by atoms with van der Waals surface area (Å²) in [4.78, 5) is 0. The molecule has 4 heteroatoms. The third kappa shape index (κ3) is 4.10. The molecule has 2 aromatic carbocycles. The molecule has 1 N–H and O–H groups in total. The second kappa shape index (κ2) is 6.38. The highest BCUT2D eigenvalue weighted by molar-refractivity contribution is 5.24. The third-order valence-corrected chi connectivity index (χ3v) is 2.77. The maximum atomic E-state index is 12.7. The molecule has 0 radical (unpaired) electrons. The Labute approximate surface area is 110 Å². The van der Waals surface area contributed by atoms with Gasteiger partial charge in [-0.3, -0.25) is 0 Å². The van der Waals surface area contributed by atoms with Crippen LogP contribution in [0.2, 0.25) is 0 Å². The average Bonchev–Trinajstić information content (AvgIpc) is 2.41. The lowest BCUT2D eigenvalue weighted by molar-refractivity contribution is 0.151. The van der Waals surface area contributed by atoms with Crippen molar-refractivity contribution in [2.75, 3.05) is 0 Å². The standard InChI is InChI=1S/C15H14F3N/c16-14-6-4-11(5-7-14)9-19-10-12-2-1-3-13(8-12)15(17)18/h1-8,15,19H,9-10H2. The smallest absolute Gasteiger partial charge is 0.263 e. The molecule has 0 heterocycles. The first-order valence-corrected chi connectivity index (χ1v) is 5.97. The zero-order valence-electron chi connectivity index (χ0n) is 10.2. The van der Waals surface area contributed by atoms with E-state index in [-0.39, 0.29) is 11.4 Å². The summed E-state index contributed by atoms with van der Waals surface area (Å²) in [5.74, 6) is -0.270. The fourth-order valence-electron chi connectivity index (χ4n) is 1.79. The molecule has 0 aliphatic heterocycles.